The molecule has 3 aromatic rings. The molecule has 1 heterocycles. The number of hydrogen-bond acceptors (Lipinski definition) is 3. The van der Waals surface area contributed by atoms with E-state index in [1.54, 1.807) is 6.07 Å². The highest BCUT2D eigenvalue weighted by atomic mass is 16.4. The Morgan fingerprint density at radius 1 is 1.23 bits per heavy atom. The van der Waals surface area contributed by atoms with Crippen LogP contribution in [0.2, 0.25) is 0 Å². The number of benzene rings is 2. The summed E-state index contributed by atoms with van der Waals surface area (Å²) in [5.41, 5.74) is 4.07. The molecule has 2 aromatic carbocycles. The lowest BCUT2D eigenvalue weighted by atomic mass is 10.1. The molecule has 5 heteroatoms. The molecule has 0 saturated heterocycles. The summed E-state index contributed by atoms with van der Waals surface area (Å²) in [6.45, 7) is 1.98. The molecule has 0 spiro atoms. The standard InChI is InChI=1S/C17H16N2O3/c1-11-3-2-4-13(9-11)18-16(20)8-6-12-5-7-15-14(10-12)19-17(21)22-15/h2-5,7,9-10H,6,8H2,1H3,(H,18,20)(H,19,21). The fraction of sp³-hybridized carbons (Fsp3) is 0.176. The van der Waals surface area contributed by atoms with Crippen molar-refractivity contribution in [2.75, 3.05) is 5.32 Å². The van der Waals surface area contributed by atoms with Crippen molar-refractivity contribution in [2.45, 2.75) is 19.8 Å². The molecule has 0 aliphatic rings. The number of nitrogens with one attached hydrogen (secondary N) is 2. The van der Waals surface area contributed by atoms with Gasteiger partial charge in [0.25, 0.3) is 0 Å². The van der Waals surface area contributed by atoms with E-state index in [9.17, 15) is 9.59 Å². The predicted molar refractivity (Wildman–Crippen MR) is 85.0 cm³/mol. The Hall–Kier alpha value is -2.82. The first-order valence-electron chi connectivity index (χ1n) is 7.08. The summed E-state index contributed by atoms with van der Waals surface area (Å²) in [5.74, 6) is -0.504. The Morgan fingerprint density at radius 3 is 2.91 bits per heavy atom. The normalized spacial score (nSPS) is 10.8. The van der Waals surface area contributed by atoms with Crippen LogP contribution in [0.25, 0.3) is 11.1 Å². The second-order valence-electron chi connectivity index (χ2n) is 5.26. The molecule has 3 rings (SSSR count). The molecule has 2 N–H and O–H groups in total. The van der Waals surface area contributed by atoms with Crippen LogP contribution in [0.1, 0.15) is 17.5 Å². The van der Waals surface area contributed by atoms with Crippen molar-refractivity contribution in [1.29, 1.82) is 0 Å². The maximum absolute atomic E-state index is 12.0. The fourth-order valence-corrected chi connectivity index (χ4v) is 2.36. The van der Waals surface area contributed by atoms with E-state index in [1.807, 2.05) is 43.3 Å². The lowest BCUT2D eigenvalue weighted by Gasteiger charge is -2.06. The highest BCUT2D eigenvalue weighted by Gasteiger charge is 2.06. The predicted octanol–water partition coefficient (Wildman–Crippen LogP) is 3.00. The zero-order valence-electron chi connectivity index (χ0n) is 12.2. The Kier molecular flexibility index (Phi) is 3.78. The Balaban J connectivity index is 1.63. The lowest BCUT2D eigenvalue weighted by molar-refractivity contribution is -0.116. The molecule has 1 amide bonds. The van der Waals surface area contributed by atoms with Gasteiger partial charge in [-0.05, 0) is 48.7 Å². The summed E-state index contributed by atoms with van der Waals surface area (Å²) in [6.07, 6.45) is 0.975. The number of aromatic nitrogens is 1. The van der Waals surface area contributed by atoms with E-state index >= 15 is 0 Å². The second kappa shape index (κ2) is 5.89. The topological polar surface area (TPSA) is 75.1 Å². The summed E-state index contributed by atoms with van der Waals surface area (Å²) < 4.78 is 4.95. The smallest absolute Gasteiger partial charge is 0.408 e. The minimum atomic E-state index is -0.468. The van der Waals surface area contributed by atoms with E-state index in [-0.39, 0.29) is 5.91 Å². The molecule has 22 heavy (non-hydrogen) atoms. The molecule has 0 saturated carbocycles. The quantitative estimate of drug-likeness (QED) is 0.777. The first-order valence-corrected chi connectivity index (χ1v) is 7.08. The van der Waals surface area contributed by atoms with Crippen molar-refractivity contribution in [3.8, 4) is 0 Å². The minimum Gasteiger partial charge on any atom is -0.408 e. The number of carbonyl (C=O) groups excluding carboxylic acids is 1. The third-order valence-corrected chi connectivity index (χ3v) is 3.43. The van der Waals surface area contributed by atoms with Gasteiger partial charge in [0.1, 0.15) is 0 Å². The van der Waals surface area contributed by atoms with E-state index < -0.39 is 5.76 Å². The van der Waals surface area contributed by atoms with Crippen LogP contribution in [0.5, 0.6) is 0 Å². The van der Waals surface area contributed by atoms with Gasteiger partial charge in [-0.3, -0.25) is 9.78 Å². The van der Waals surface area contributed by atoms with Gasteiger partial charge in [-0.1, -0.05) is 18.2 Å². The highest BCUT2D eigenvalue weighted by molar-refractivity contribution is 5.91. The molecule has 1 aromatic heterocycles. The number of aromatic amines is 1. The van der Waals surface area contributed by atoms with Crippen molar-refractivity contribution < 1.29 is 9.21 Å². The summed E-state index contributed by atoms with van der Waals surface area (Å²) >= 11 is 0. The maximum atomic E-state index is 12.0. The number of hydrogen-bond donors (Lipinski definition) is 2. The zero-order valence-corrected chi connectivity index (χ0v) is 12.2. The molecule has 0 unspecified atom stereocenters. The zero-order chi connectivity index (χ0) is 15.5. The van der Waals surface area contributed by atoms with E-state index in [0.717, 1.165) is 16.8 Å². The van der Waals surface area contributed by atoms with Gasteiger partial charge in [0.2, 0.25) is 5.91 Å². The molecule has 112 valence electrons. The number of fused-ring (bicyclic) bond motifs is 1. The van der Waals surface area contributed by atoms with Gasteiger partial charge < -0.3 is 9.73 Å². The Bertz CT molecular complexity index is 877. The van der Waals surface area contributed by atoms with E-state index in [0.29, 0.717) is 23.9 Å². The molecular formula is C17H16N2O3. The monoisotopic (exact) mass is 296 g/mol. The molecule has 0 aliphatic carbocycles. The molecule has 0 fully saturated rings. The van der Waals surface area contributed by atoms with E-state index in [4.69, 9.17) is 4.42 Å². The van der Waals surface area contributed by atoms with Gasteiger partial charge in [0.05, 0.1) is 5.52 Å². The van der Waals surface area contributed by atoms with Gasteiger partial charge in [-0.25, -0.2) is 4.79 Å². The second-order valence-corrected chi connectivity index (χ2v) is 5.26. The van der Waals surface area contributed by atoms with Gasteiger partial charge in [0, 0.05) is 12.1 Å². The third-order valence-electron chi connectivity index (χ3n) is 3.43. The third kappa shape index (κ3) is 3.25. The van der Waals surface area contributed by atoms with E-state index in [2.05, 4.69) is 10.3 Å². The van der Waals surface area contributed by atoms with E-state index in [1.165, 1.54) is 0 Å². The van der Waals surface area contributed by atoms with Crippen LogP contribution in [0.15, 0.2) is 51.7 Å². The number of oxazole rings is 1. The van der Waals surface area contributed by atoms with Gasteiger partial charge in [-0.2, -0.15) is 0 Å². The summed E-state index contributed by atoms with van der Waals surface area (Å²) in [7, 11) is 0. The van der Waals surface area contributed by atoms with Crippen LogP contribution in [0, 0.1) is 6.92 Å². The van der Waals surface area contributed by atoms with Gasteiger partial charge in [-0.15, -0.1) is 0 Å². The Labute approximate surface area is 127 Å². The average molecular weight is 296 g/mol. The molecule has 0 atom stereocenters. The summed E-state index contributed by atoms with van der Waals surface area (Å²) in [6, 6.07) is 13.1. The van der Waals surface area contributed by atoms with Crippen molar-refractivity contribution in [2.24, 2.45) is 0 Å². The number of rotatable bonds is 4. The number of anilines is 1. The van der Waals surface area contributed by atoms with Crippen LogP contribution < -0.4 is 11.1 Å². The maximum Gasteiger partial charge on any atom is 0.417 e. The van der Waals surface area contributed by atoms with Gasteiger partial charge in [0.15, 0.2) is 5.58 Å². The van der Waals surface area contributed by atoms with Crippen LogP contribution in [0.3, 0.4) is 0 Å². The summed E-state index contributed by atoms with van der Waals surface area (Å²) in [5, 5.41) is 2.88. The first kappa shape index (κ1) is 14.1. The molecular weight excluding hydrogens is 280 g/mol. The van der Waals surface area contributed by atoms with Crippen LogP contribution in [0.4, 0.5) is 5.69 Å². The molecule has 0 radical (unpaired) electrons. The van der Waals surface area contributed by atoms with Gasteiger partial charge >= 0.3 is 5.76 Å². The molecule has 0 aliphatic heterocycles. The Morgan fingerprint density at radius 2 is 2.09 bits per heavy atom. The number of amides is 1. The number of aryl methyl sites for hydroxylation is 2. The fourth-order valence-electron chi connectivity index (χ4n) is 2.36. The largest absolute Gasteiger partial charge is 0.417 e. The average Bonchev–Trinajstić information content (AvgIpc) is 2.84. The van der Waals surface area contributed by atoms with Crippen molar-refractivity contribution in [3.05, 3.63) is 64.1 Å². The van der Waals surface area contributed by atoms with Crippen LogP contribution in [-0.2, 0) is 11.2 Å². The van der Waals surface area contributed by atoms with Crippen LogP contribution >= 0.6 is 0 Å². The number of H-pyrrole nitrogens is 1. The summed E-state index contributed by atoms with van der Waals surface area (Å²) in [4.78, 5) is 25.7. The lowest BCUT2D eigenvalue weighted by Crippen LogP contribution is -2.12. The minimum absolute atomic E-state index is 0.0358. The van der Waals surface area contributed by atoms with Crippen molar-refractivity contribution in [1.82, 2.24) is 4.98 Å². The van der Waals surface area contributed by atoms with Crippen LogP contribution in [-0.4, -0.2) is 10.9 Å². The SMILES string of the molecule is Cc1cccc(NC(=O)CCc2ccc3oc(=O)[nH]c3c2)c1. The number of carbonyl (C=O) groups is 1. The first-order chi connectivity index (χ1) is 10.6. The van der Waals surface area contributed by atoms with Crippen molar-refractivity contribution in [3.63, 3.8) is 0 Å². The van der Waals surface area contributed by atoms with Crippen molar-refractivity contribution >= 4 is 22.7 Å². The molecule has 0 bridgehead atoms. The highest BCUT2D eigenvalue weighted by Crippen LogP contribution is 2.14. The molecule has 5 nitrogen and oxygen atoms in total.